The van der Waals surface area contributed by atoms with E-state index in [1.165, 1.54) is 24.8 Å². The van der Waals surface area contributed by atoms with Gasteiger partial charge in [-0.1, -0.05) is 83.7 Å². The van der Waals surface area contributed by atoms with Gasteiger partial charge in [-0.15, -0.1) is 0 Å². The van der Waals surface area contributed by atoms with Crippen LogP contribution in [0.5, 0.6) is 0 Å². The molecule has 0 radical (unpaired) electrons. The van der Waals surface area contributed by atoms with E-state index >= 15 is 0 Å². The van der Waals surface area contributed by atoms with Crippen molar-refractivity contribution in [2.45, 2.75) is 120 Å². The molecule has 0 aromatic heterocycles. The van der Waals surface area contributed by atoms with E-state index in [0.29, 0.717) is 6.16 Å². The third-order valence-corrected chi connectivity index (χ3v) is 5.86. The van der Waals surface area contributed by atoms with Gasteiger partial charge < -0.3 is 9.05 Å². The lowest BCUT2D eigenvalue weighted by molar-refractivity contribution is 0.0485. The maximum absolute atomic E-state index is 13.1. The fourth-order valence-corrected chi connectivity index (χ4v) is 4.94. The highest BCUT2D eigenvalue weighted by atomic mass is 31.2. The van der Waals surface area contributed by atoms with Crippen molar-refractivity contribution in [3.8, 4) is 0 Å². The highest BCUT2D eigenvalue weighted by Crippen LogP contribution is 2.56. The molecule has 0 saturated carbocycles. The predicted molar refractivity (Wildman–Crippen MR) is 130 cm³/mol. The van der Waals surface area contributed by atoms with Crippen molar-refractivity contribution >= 4 is 7.60 Å². The third kappa shape index (κ3) is 19.1. The summed E-state index contributed by atoms with van der Waals surface area (Å²) in [5, 5.41) is 0. The molecule has 0 aliphatic heterocycles. The molecule has 1 aromatic rings. The van der Waals surface area contributed by atoms with E-state index < -0.39 is 18.8 Å². The van der Waals surface area contributed by atoms with Gasteiger partial charge in [-0.05, 0) is 59.9 Å². The lowest BCUT2D eigenvalue weighted by Gasteiger charge is -2.32. The van der Waals surface area contributed by atoms with Gasteiger partial charge in [0.2, 0.25) is 0 Å². The normalized spacial score (nSPS) is 12.0. The first-order valence-corrected chi connectivity index (χ1v) is 12.9. The molecule has 0 unspecified atom stereocenters. The Hall–Kier alpha value is -0.630. The number of aryl methyl sites for hydroxylation is 1. The number of benzene rings is 1. The van der Waals surface area contributed by atoms with Crippen molar-refractivity contribution < 1.29 is 13.6 Å². The second kappa shape index (κ2) is 14.4. The van der Waals surface area contributed by atoms with Crippen LogP contribution in [0.4, 0.5) is 0 Å². The molecule has 1 aromatic carbocycles. The monoisotopic (exact) mass is 428 g/mol. The van der Waals surface area contributed by atoms with Gasteiger partial charge in [0.1, 0.15) is 0 Å². The van der Waals surface area contributed by atoms with Gasteiger partial charge in [0.05, 0.1) is 17.4 Å². The zero-order chi connectivity index (χ0) is 23.3. The average Bonchev–Trinajstić information content (AvgIpc) is 2.53. The highest BCUT2D eigenvalue weighted by molar-refractivity contribution is 7.53. The molecule has 0 amide bonds. The summed E-state index contributed by atoms with van der Waals surface area (Å²) >= 11 is 0. The van der Waals surface area contributed by atoms with Crippen LogP contribution in [-0.4, -0.2) is 11.2 Å². The molecule has 0 aliphatic rings. The Kier molecular flexibility index (Phi) is 15.2. The maximum Gasteiger partial charge on any atom is 0.336 e. The van der Waals surface area contributed by atoms with Gasteiger partial charge in [-0.25, -0.2) is 0 Å². The first kappa shape index (κ1) is 30.6. The SMILES string of the molecule is CC.CCCCC(C)C.Cc1ccc(CP(=O)(OC(C)(C)C)OC(C)(C)C)cc1. The van der Waals surface area contributed by atoms with Crippen molar-refractivity contribution in [3.05, 3.63) is 35.4 Å². The summed E-state index contributed by atoms with van der Waals surface area (Å²) in [6.07, 6.45) is 4.44. The minimum Gasteiger partial charge on any atom is -0.303 e. The smallest absolute Gasteiger partial charge is 0.303 e. The molecular formula is C25H49O3P. The molecule has 4 heteroatoms. The van der Waals surface area contributed by atoms with E-state index in [2.05, 4.69) is 20.8 Å². The first-order valence-electron chi connectivity index (χ1n) is 11.2. The van der Waals surface area contributed by atoms with E-state index in [4.69, 9.17) is 9.05 Å². The summed E-state index contributed by atoms with van der Waals surface area (Å²) in [4.78, 5) is 0. The van der Waals surface area contributed by atoms with E-state index in [0.717, 1.165) is 11.5 Å². The molecule has 0 bridgehead atoms. The van der Waals surface area contributed by atoms with E-state index in [9.17, 15) is 4.57 Å². The minimum atomic E-state index is -3.20. The van der Waals surface area contributed by atoms with E-state index in [1.54, 1.807) is 0 Å². The van der Waals surface area contributed by atoms with Gasteiger partial charge in [-0.3, -0.25) is 4.57 Å². The molecule has 0 N–H and O–H groups in total. The Morgan fingerprint density at radius 3 is 1.59 bits per heavy atom. The summed E-state index contributed by atoms with van der Waals surface area (Å²) in [6.45, 7) is 24.2. The van der Waals surface area contributed by atoms with Crippen LogP contribution in [0.3, 0.4) is 0 Å². The standard InChI is InChI=1S/C16H27O3P.C7H16.C2H6/c1-13-8-10-14(11-9-13)12-20(17,18-15(2,3)4)19-16(5,6)7;1-4-5-6-7(2)3;1-2/h8-11H,12H2,1-7H3;7H,4-6H2,1-3H3;1-2H3. The molecule has 0 aliphatic carbocycles. The molecular weight excluding hydrogens is 379 g/mol. The van der Waals surface area contributed by atoms with Crippen LogP contribution in [0.1, 0.15) is 107 Å². The Bertz CT molecular complexity index is 543. The predicted octanol–water partition coefficient (Wildman–Crippen LogP) is 9.18. The topological polar surface area (TPSA) is 35.5 Å². The maximum atomic E-state index is 13.1. The molecule has 1 rings (SSSR count). The van der Waals surface area contributed by atoms with Gasteiger partial charge in [0.25, 0.3) is 0 Å². The van der Waals surface area contributed by atoms with Crippen molar-refractivity contribution in [3.63, 3.8) is 0 Å². The zero-order valence-corrected chi connectivity index (χ0v) is 22.3. The number of hydrogen-bond donors (Lipinski definition) is 0. The number of rotatable bonds is 7. The van der Waals surface area contributed by atoms with Gasteiger partial charge in [0, 0.05) is 0 Å². The highest BCUT2D eigenvalue weighted by Gasteiger charge is 2.35. The Labute approximate surface area is 182 Å². The molecule has 172 valence electrons. The molecule has 0 atom stereocenters. The summed E-state index contributed by atoms with van der Waals surface area (Å²) in [5.74, 6) is 0.903. The van der Waals surface area contributed by atoms with Crippen LogP contribution in [0.2, 0.25) is 0 Å². The molecule has 0 fully saturated rings. The third-order valence-electron chi connectivity index (χ3n) is 3.46. The van der Waals surface area contributed by atoms with Crippen LogP contribution >= 0.6 is 7.60 Å². The summed E-state index contributed by atoms with van der Waals surface area (Å²) in [7, 11) is -3.20. The van der Waals surface area contributed by atoms with Crippen LogP contribution < -0.4 is 0 Å². The van der Waals surface area contributed by atoms with Crippen molar-refractivity contribution in [2.75, 3.05) is 0 Å². The van der Waals surface area contributed by atoms with E-state index in [-0.39, 0.29) is 0 Å². The van der Waals surface area contributed by atoms with Crippen molar-refractivity contribution in [1.29, 1.82) is 0 Å². The lowest BCUT2D eigenvalue weighted by Crippen LogP contribution is -2.24. The van der Waals surface area contributed by atoms with Gasteiger partial charge in [-0.2, -0.15) is 0 Å². The summed E-state index contributed by atoms with van der Waals surface area (Å²) in [5.41, 5.74) is 1.13. The number of hydrogen-bond acceptors (Lipinski definition) is 3. The largest absolute Gasteiger partial charge is 0.336 e. The fraction of sp³-hybridized carbons (Fsp3) is 0.760. The summed E-state index contributed by atoms with van der Waals surface area (Å²) < 4.78 is 24.6. The van der Waals surface area contributed by atoms with Crippen LogP contribution in [-0.2, 0) is 19.8 Å². The quantitative estimate of drug-likeness (QED) is 0.406. The zero-order valence-electron chi connectivity index (χ0n) is 21.4. The van der Waals surface area contributed by atoms with Crippen molar-refractivity contribution in [2.24, 2.45) is 5.92 Å². The Morgan fingerprint density at radius 2 is 1.31 bits per heavy atom. The van der Waals surface area contributed by atoms with Crippen LogP contribution in [0, 0.1) is 12.8 Å². The first-order chi connectivity index (χ1) is 13.2. The number of unbranched alkanes of at least 4 members (excludes halogenated alkanes) is 1. The second-order valence-corrected chi connectivity index (χ2v) is 11.6. The fourth-order valence-electron chi connectivity index (χ4n) is 2.45. The Balaban J connectivity index is 0. The lowest BCUT2D eigenvalue weighted by atomic mass is 10.1. The van der Waals surface area contributed by atoms with Crippen LogP contribution in [0.15, 0.2) is 24.3 Å². The molecule has 0 saturated heterocycles. The average molecular weight is 429 g/mol. The van der Waals surface area contributed by atoms with E-state index in [1.807, 2.05) is 86.6 Å². The van der Waals surface area contributed by atoms with Crippen LogP contribution in [0.25, 0.3) is 0 Å². The molecule has 3 nitrogen and oxygen atoms in total. The minimum absolute atomic E-state index is 0.293. The molecule has 0 spiro atoms. The molecule has 29 heavy (non-hydrogen) atoms. The van der Waals surface area contributed by atoms with Gasteiger partial charge >= 0.3 is 7.60 Å². The second-order valence-electron chi connectivity index (χ2n) is 9.70. The molecule has 0 heterocycles. The summed E-state index contributed by atoms with van der Waals surface area (Å²) in [6, 6.07) is 7.96. The van der Waals surface area contributed by atoms with Gasteiger partial charge in [0.15, 0.2) is 0 Å². The Morgan fingerprint density at radius 1 is 0.897 bits per heavy atom. The van der Waals surface area contributed by atoms with Crippen molar-refractivity contribution in [1.82, 2.24) is 0 Å².